The summed E-state index contributed by atoms with van der Waals surface area (Å²) in [6, 6.07) is 1.50. The van der Waals surface area contributed by atoms with Crippen LogP contribution in [0.4, 0.5) is 0 Å². The Bertz CT molecular complexity index is 526. The lowest BCUT2D eigenvalue weighted by molar-refractivity contribution is 0.0626. The number of nitrogens with zero attached hydrogens (tertiary/aromatic N) is 1. The Morgan fingerprint density at radius 2 is 2.14 bits per heavy atom. The lowest BCUT2D eigenvalue weighted by Gasteiger charge is -2.11. The summed E-state index contributed by atoms with van der Waals surface area (Å²) in [7, 11) is -3.54. The molecule has 6 nitrogen and oxygen atoms in total. The maximum absolute atomic E-state index is 12.2. The highest BCUT2D eigenvalue weighted by Gasteiger charge is 2.18. The van der Waals surface area contributed by atoms with E-state index >= 15 is 0 Å². The van der Waals surface area contributed by atoms with Crippen molar-refractivity contribution in [1.29, 1.82) is 0 Å². The summed E-state index contributed by atoms with van der Waals surface area (Å²) in [5.74, 6) is 0. The smallest absolute Gasteiger partial charge is 0.242 e. The molecule has 0 unspecified atom stereocenters. The van der Waals surface area contributed by atoms with Crippen LogP contribution in [0.1, 0.15) is 38.3 Å². The van der Waals surface area contributed by atoms with Crippen LogP contribution in [0.15, 0.2) is 17.2 Å². The van der Waals surface area contributed by atoms with Crippen LogP contribution in [-0.4, -0.2) is 37.3 Å². The summed E-state index contributed by atoms with van der Waals surface area (Å²) in [6.45, 7) is 3.01. The van der Waals surface area contributed by atoms with E-state index in [-0.39, 0.29) is 24.2 Å². The molecule has 1 heterocycles. The normalized spacial score (nSPS) is 16.7. The molecule has 1 fully saturated rings. The maximum Gasteiger partial charge on any atom is 0.242 e. The molecule has 0 atom stereocenters. The van der Waals surface area contributed by atoms with Crippen molar-refractivity contribution in [2.45, 2.75) is 56.8 Å². The first-order chi connectivity index (χ1) is 10.1. The van der Waals surface area contributed by atoms with E-state index in [1.54, 1.807) is 10.8 Å². The number of hydrogen-bond donors (Lipinski definition) is 2. The van der Waals surface area contributed by atoms with Gasteiger partial charge in [0.15, 0.2) is 0 Å². The van der Waals surface area contributed by atoms with E-state index in [9.17, 15) is 13.5 Å². The van der Waals surface area contributed by atoms with E-state index in [1.807, 2.05) is 6.92 Å². The van der Waals surface area contributed by atoms with Gasteiger partial charge in [0.2, 0.25) is 10.0 Å². The number of sulfonamides is 1. The molecule has 1 aromatic heterocycles. The predicted molar refractivity (Wildman–Crippen MR) is 79.4 cm³/mol. The average molecular weight is 316 g/mol. The number of aliphatic hydroxyl groups excluding tert-OH is 1. The van der Waals surface area contributed by atoms with Crippen LogP contribution >= 0.6 is 0 Å². The highest BCUT2D eigenvalue weighted by molar-refractivity contribution is 7.89. The van der Waals surface area contributed by atoms with E-state index in [2.05, 4.69) is 4.72 Å². The minimum Gasteiger partial charge on any atom is -0.390 e. The van der Waals surface area contributed by atoms with E-state index in [0.717, 1.165) is 12.8 Å². The van der Waals surface area contributed by atoms with Crippen molar-refractivity contribution >= 4 is 10.0 Å². The topological polar surface area (TPSA) is 80.6 Å². The van der Waals surface area contributed by atoms with Gasteiger partial charge in [0, 0.05) is 25.0 Å². The number of aryl methyl sites for hydroxylation is 1. The molecule has 1 aromatic rings. The number of hydrogen-bond acceptors (Lipinski definition) is 4. The van der Waals surface area contributed by atoms with Crippen molar-refractivity contribution in [2.24, 2.45) is 0 Å². The van der Waals surface area contributed by atoms with Crippen LogP contribution in [0.5, 0.6) is 0 Å². The molecule has 1 saturated carbocycles. The van der Waals surface area contributed by atoms with Gasteiger partial charge in [0.1, 0.15) is 0 Å². The molecule has 0 bridgehead atoms. The van der Waals surface area contributed by atoms with Crippen molar-refractivity contribution in [1.82, 2.24) is 9.29 Å². The Hall–Kier alpha value is -0.890. The number of ether oxygens (including phenoxy) is 1. The third-order valence-corrected chi connectivity index (χ3v) is 5.25. The number of rotatable bonds is 8. The van der Waals surface area contributed by atoms with Gasteiger partial charge in [-0.05, 0) is 25.8 Å². The number of aromatic nitrogens is 1. The summed E-state index contributed by atoms with van der Waals surface area (Å²) in [5.41, 5.74) is 0.597. The second kappa shape index (κ2) is 7.40. The van der Waals surface area contributed by atoms with Crippen molar-refractivity contribution in [3.8, 4) is 0 Å². The van der Waals surface area contributed by atoms with Crippen LogP contribution < -0.4 is 4.72 Å². The van der Waals surface area contributed by atoms with Gasteiger partial charge in [-0.25, -0.2) is 13.1 Å². The van der Waals surface area contributed by atoms with Gasteiger partial charge in [-0.15, -0.1) is 0 Å². The Labute approximate surface area is 126 Å². The lowest BCUT2D eigenvalue weighted by Crippen LogP contribution is -2.28. The maximum atomic E-state index is 12.2. The minimum absolute atomic E-state index is 0.172. The number of nitrogens with one attached hydrogen (secondary N) is 1. The molecule has 2 N–H and O–H groups in total. The molecule has 120 valence electrons. The average Bonchev–Trinajstić information content (AvgIpc) is 3.12. The molecule has 0 amide bonds. The van der Waals surface area contributed by atoms with Gasteiger partial charge in [0.25, 0.3) is 0 Å². The zero-order valence-corrected chi connectivity index (χ0v) is 13.2. The van der Waals surface area contributed by atoms with E-state index in [0.29, 0.717) is 18.8 Å². The van der Waals surface area contributed by atoms with Gasteiger partial charge >= 0.3 is 0 Å². The fourth-order valence-corrected chi connectivity index (χ4v) is 3.71. The van der Waals surface area contributed by atoms with Crippen molar-refractivity contribution in [3.05, 3.63) is 18.0 Å². The van der Waals surface area contributed by atoms with Gasteiger partial charge in [-0.3, -0.25) is 0 Å². The van der Waals surface area contributed by atoms with Crippen LogP contribution in [0.3, 0.4) is 0 Å². The molecular formula is C14H24N2O4S. The monoisotopic (exact) mass is 316 g/mol. The predicted octanol–water partition coefficient (Wildman–Crippen LogP) is 1.24. The minimum atomic E-state index is -3.54. The Balaban J connectivity index is 1.87. The Kier molecular flexibility index (Phi) is 5.80. The molecule has 7 heteroatoms. The van der Waals surface area contributed by atoms with Crippen molar-refractivity contribution in [2.75, 3.05) is 13.2 Å². The largest absolute Gasteiger partial charge is 0.390 e. The molecule has 21 heavy (non-hydrogen) atoms. The third kappa shape index (κ3) is 4.29. The highest BCUT2D eigenvalue weighted by Crippen LogP contribution is 2.20. The fourth-order valence-electron chi connectivity index (χ4n) is 2.64. The van der Waals surface area contributed by atoms with Crippen LogP contribution in [0.25, 0.3) is 0 Å². The molecule has 0 radical (unpaired) electrons. The van der Waals surface area contributed by atoms with E-state index in [1.165, 1.54) is 18.9 Å². The molecule has 1 aliphatic rings. The summed E-state index contributed by atoms with van der Waals surface area (Å²) < 4.78 is 34.2. The molecular weight excluding hydrogens is 292 g/mol. The SMILES string of the molecule is CCn1cc(S(=O)(=O)NCCOC2CCCC2)cc1CO. The second-order valence-electron chi connectivity index (χ2n) is 5.29. The second-order valence-corrected chi connectivity index (χ2v) is 7.05. The fraction of sp³-hybridized carbons (Fsp3) is 0.714. The summed E-state index contributed by atoms with van der Waals surface area (Å²) in [5, 5.41) is 9.21. The lowest BCUT2D eigenvalue weighted by atomic mass is 10.3. The first-order valence-electron chi connectivity index (χ1n) is 7.48. The zero-order valence-electron chi connectivity index (χ0n) is 12.4. The molecule has 1 aliphatic carbocycles. The zero-order chi connectivity index (χ0) is 15.3. The van der Waals surface area contributed by atoms with Crippen LogP contribution in [-0.2, 0) is 27.9 Å². The molecule has 0 spiro atoms. The quantitative estimate of drug-likeness (QED) is 0.707. The van der Waals surface area contributed by atoms with Gasteiger partial charge < -0.3 is 14.4 Å². The van der Waals surface area contributed by atoms with Crippen LogP contribution in [0, 0.1) is 0 Å². The first kappa shape index (κ1) is 16.5. The Morgan fingerprint density at radius 3 is 2.71 bits per heavy atom. The summed E-state index contributed by atoms with van der Waals surface area (Å²) in [6.07, 6.45) is 6.39. The molecule has 0 aliphatic heterocycles. The highest BCUT2D eigenvalue weighted by atomic mass is 32.2. The van der Waals surface area contributed by atoms with E-state index in [4.69, 9.17) is 4.74 Å². The van der Waals surface area contributed by atoms with Crippen molar-refractivity contribution in [3.63, 3.8) is 0 Å². The molecule has 0 saturated heterocycles. The van der Waals surface area contributed by atoms with Gasteiger partial charge in [-0.1, -0.05) is 12.8 Å². The summed E-state index contributed by atoms with van der Waals surface area (Å²) in [4.78, 5) is 0.189. The van der Waals surface area contributed by atoms with Gasteiger partial charge in [0.05, 0.1) is 24.2 Å². The van der Waals surface area contributed by atoms with Gasteiger partial charge in [-0.2, -0.15) is 0 Å². The third-order valence-electron chi connectivity index (χ3n) is 3.82. The van der Waals surface area contributed by atoms with Crippen molar-refractivity contribution < 1.29 is 18.3 Å². The van der Waals surface area contributed by atoms with E-state index < -0.39 is 10.0 Å². The number of aliphatic hydroxyl groups is 1. The van der Waals surface area contributed by atoms with Crippen LogP contribution in [0.2, 0.25) is 0 Å². The standard InChI is InChI=1S/C14H24N2O4S/c1-2-16-10-14(9-12(16)11-17)21(18,19)15-7-8-20-13-5-3-4-6-13/h9-10,13,15,17H,2-8,11H2,1H3. The molecule has 0 aromatic carbocycles. The first-order valence-corrected chi connectivity index (χ1v) is 8.96. The summed E-state index contributed by atoms with van der Waals surface area (Å²) >= 11 is 0. The molecule has 2 rings (SSSR count). The Morgan fingerprint density at radius 1 is 1.43 bits per heavy atom.